The van der Waals surface area contributed by atoms with Crippen molar-refractivity contribution >= 4 is 46.0 Å². The first kappa shape index (κ1) is 22.9. The zero-order valence-electron chi connectivity index (χ0n) is 18.1. The maximum atomic E-state index is 13.3. The van der Waals surface area contributed by atoms with E-state index in [2.05, 4.69) is 0 Å². The summed E-state index contributed by atoms with van der Waals surface area (Å²) in [5.41, 5.74) is 3.40. The van der Waals surface area contributed by atoms with E-state index in [1.54, 1.807) is 60.2 Å². The van der Waals surface area contributed by atoms with Crippen LogP contribution in [0.3, 0.4) is 0 Å². The van der Waals surface area contributed by atoms with E-state index in [-0.39, 0.29) is 12.5 Å². The first-order chi connectivity index (χ1) is 15.9. The van der Waals surface area contributed by atoms with Crippen LogP contribution in [0, 0.1) is 6.92 Å². The Morgan fingerprint density at radius 2 is 1.48 bits per heavy atom. The lowest BCUT2D eigenvalue weighted by molar-refractivity contribution is 0.0509. The number of esters is 1. The molecular weight excluding hydrogens is 461 g/mol. The molecule has 0 aliphatic rings. The Kier molecular flexibility index (Phi) is 6.72. The number of carbonyl (C=O) groups is 2. The predicted octanol–water partition coefficient (Wildman–Crippen LogP) is 6.35. The molecule has 0 spiro atoms. The van der Waals surface area contributed by atoms with Crippen LogP contribution < -0.4 is 4.74 Å². The van der Waals surface area contributed by atoms with Gasteiger partial charge in [-0.1, -0.05) is 23.2 Å². The second kappa shape index (κ2) is 9.69. The van der Waals surface area contributed by atoms with E-state index in [0.29, 0.717) is 33.3 Å². The minimum atomic E-state index is -0.428. The number of nitrogens with zero attached hydrogens (tertiary/aromatic N) is 1. The SMILES string of the molecule is COc1ccc2c(c1)c(CCOC(=O)c1ccc(Cl)cc1)c(C)n2C(=O)c1ccc(Cl)cc1. The quantitative estimate of drug-likeness (QED) is 0.301. The molecule has 0 bridgehead atoms. The van der Waals surface area contributed by atoms with Gasteiger partial charge in [0.15, 0.2) is 0 Å². The summed E-state index contributed by atoms with van der Waals surface area (Å²) in [6.45, 7) is 2.05. The molecule has 0 atom stereocenters. The highest BCUT2D eigenvalue weighted by Gasteiger charge is 2.21. The van der Waals surface area contributed by atoms with Gasteiger partial charge in [0.1, 0.15) is 5.75 Å². The molecular formula is C26H21Cl2NO4. The predicted molar refractivity (Wildman–Crippen MR) is 130 cm³/mol. The molecule has 1 aromatic heterocycles. The zero-order chi connectivity index (χ0) is 23.5. The smallest absolute Gasteiger partial charge is 0.338 e. The van der Waals surface area contributed by atoms with Gasteiger partial charge in [0, 0.05) is 33.1 Å². The van der Waals surface area contributed by atoms with E-state index in [9.17, 15) is 9.59 Å². The molecule has 3 aromatic carbocycles. The van der Waals surface area contributed by atoms with E-state index >= 15 is 0 Å². The fraction of sp³-hybridized carbons (Fsp3) is 0.154. The van der Waals surface area contributed by atoms with Gasteiger partial charge < -0.3 is 9.47 Å². The number of halogens is 2. The molecule has 0 N–H and O–H groups in total. The van der Waals surface area contributed by atoms with E-state index < -0.39 is 5.97 Å². The van der Waals surface area contributed by atoms with Crippen LogP contribution in [-0.4, -0.2) is 30.2 Å². The molecule has 0 saturated heterocycles. The van der Waals surface area contributed by atoms with Crippen molar-refractivity contribution in [2.45, 2.75) is 13.3 Å². The van der Waals surface area contributed by atoms with Crippen LogP contribution in [0.2, 0.25) is 10.0 Å². The van der Waals surface area contributed by atoms with Crippen molar-refractivity contribution in [1.29, 1.82) is 0 Å². The lowest BCUT2D eigenvalue weighted by Crippen LogP contribution is -2.14. The number of fused-ring (bicyclic) bond motifs is 1. The van der Waals surface area contributed by atoms with Gasteiger partial charge in [0.05, 0.1) is 24.8 Å². The molecule has 0 radical (unpaired) electrons. The Morgan fingerprint density at radius 1 is 0.879 bits per heavy atom. The van der Waals surface area contributed by atoms with Gasteiger partial charge in [-0.15, -0.1) is 0 Å². The van der Waals surface area contributed by atoms with E-state index in [1.807, 2.05) is 25.1 Å². The highest BCUT2D eigenvalue weighted by molar-refractivity contribution is 6.31. The van der Waals surface area contributed by atoms with Gasteiger partial charge in [0.2, 0.25) is 0 Å². The average Bonchev–Trinajstić information content (AvgIpc) is 3.10. The Labute approximate surface area is 201 Å². The second-order valence-electron chi connectivity index (χ2n) is 7.49. The van der Waals surface area contributed by atoms with Crippen LogP contribution in [0.15, 0.2) is 66.7 Å². The van der Waals surface area contributed by atoms with Crippen LogP contribution in [0.5, 0.6) is 5.75 Å². The molecule has 1 heterocycles. The first-order valence-corrected chi connectivity index (χ1v) is 11.1. The maximum Gasteiger partial charge on any atom is 0.338 e. The van der Waals surface area contributed by atoms with Crippen LogP contribution in [0.25, 0.3) is 10.9 Å². The molecule has 4 aromatic rings. The number of methoxy groups -OCH3 is 1. The van der Waals surface area contributed by atoms with E-state index in [4.69, 9.17) is 32.7 Å². The van der Waals surface area contributed by atoms with Gasteiger partial charge in [-0.2, -0.15) is 0 Å². The van der Waals surface area contributed by atoms with Crippen LogP contribution >= 0.6 is 23.2 Å². The van der Waals surface area contributed by atoms with Gasteiger partial charge in [0.25, 0.3) is 5.91 Å². The second-order valence-corrected chi connectivity index (χ2v) is 8.36. The Morgan fingerprint density at radius 3 is 2.09 bits per heavy atom. The zero-order valence-corrected chi connectivity index (χ0v) is 19.6. The molecule has 0 aliphatic heterocycles. The highest BCUT2D eigenvalue weighted by atomic mass is 35.5. The number of carbonyl (C=O) groups excluding carboxylic acids is 2. The van der Waals surface area contributed by atoms with Crippen molar-refractivity contribution in [3.63, 3.8) is 0 Å². The third kappa shape index (κ3) is 4.75. The summed E-state index contributed by atoms with van der Waals surface area (Å²) in [6.07, 6.45) is 0.440. The molecule has 0 unspecified atom stereocenters. The molecule has 0 aliphatic carbocycles. The van der Waals surface area contributed by atoms with Crippen molar-refractivity contribution in [1.82, 2.24) is 4.57 Å². The number of hydrogen-bond donors (Lipinski definition) is 0. The number of aromatic nitrogens is 1. The summed E-state index contributed by atoms with van der Waals surface area (Å²) < 4.78 is 12.5. The summed E-state index contributed by atoms with van der Waals surface area (Å²) in [6, 6.07) is 18.9. The largest absolute Gasteiger partial charge is 0.497 e. The van der Waals surface area contributed by atoms with Crippen molar-refractivity contribution in [3.05, 3.63) is 99.2 Å². The molecule has 168 valence electrons. The normalized spacial score (nSPS) is 10.9. The van der Waals surface area contributed by atoms with E-state index in [1.165, 1.54) is 0 Å². The molecule has 0 fully saturated rings. The summed E-state index contributed by atoms with van der Waals surface area (Å²) >= 11 is 11.9. The molecule has 0 amide bonds. The standard InChI is InChI=1S/C26H21Cl2NO4/c1-16-22(13-14-33-26(31)18-5-9-20(28)10-6-18)23-15-21(32-2)11-12-24(23)29(16)25(30)17-3-7-19(27)8-4-17/h3-12,15H,13-14H2,1-2H3. The lowest BCUT2D eigenvalue weighted by atomic mass is 10.1. The van der Waals surface area contributed by atoms with Gasteiger partial charge in [-0.3, -0.25) is 9.36 Å². The monoisotopic (exact) mass is 481 g/mol. The van der Waals surface area contributed by atoms with Crippen LogP contribution in [-0.2, 0) is 11.2 Å². The topological polar surface area (TPSA) is 57.5 Å². The maximum absolute atomic E-state index is 13.3. The Bertz CT molecular complexity index is 1330. The minimum Gasteiger partial charge on any atom is -0.497 e. The van der Waals surface area contributed by atoms with Gasteiger partial charge >= 0.3 is 5.97 Å². The summed E-state index contributed by atoms with van der Waals surface area (Å²) in [5.74, 6) is 0.0876. The summed E-state index contributed by atoms with van der Waals surface area (Å²) in [5, 5.41) is 1.99. The fourth-order valence-corrected chi connectivity index (χ4v) is 4.06. The molecule has 0 saturated carbocycles. The molecule has 4 rings (SSSR count). The lowest BCUT2D eigenvalue weighted by Gasteiger charge is -2.08. The van der Waals surface area contributed by atoms with E-state index in [0.717, 1.165) is 22.2 Å². The van der Waals surface area contributed by atoms with Crippen molar-refractivity contribution < 1.29 is 19.1 Å². The van der Waals surface area contributed by atoms with Gasteiger partial charge in [-0.25, -0.2) is 4.79 Å². The molecule has 33 heavy (non-hydrogen) atoms. The van der Waals surface area contributed by atoms with Crippen molar-refractivity contribution in [2.75, 3.05) is 13.7 Å². The number of benzene rings is 3. The van der Waals surface area contributed by atoms with Crippen LogP contribution in [0.4, 0.5) is 0 Å². The minimum absolute atomic E-state index is 0.160. The summed E-state index contributed by atoms with van der Waals surface area (Å²) in [4.78, 5) is 25.7. The number of hydrogen-bond acceptors (Lipinski definition) is 4. The third-order valence-corrected chi connectivity index (χ3v) is 6.01. The van der Waals surface area contributed by atoms with Gasteiger partial charge in [-0.05, 0) is 79.2 Å². The molecule has 7 heteroatoms. The summed E-state index contributed by atoms with van der Waals surface area (Å²) in [7, 11) is 1.59. The fourth-order valence-electron chi connectivity index (χ4n) is 3.80. The third-order valence-electron chi connectivity index (χ3n) is 5.50. The number of ether oxygens (including phenoxy) is 2. The Hall–Kier alpha value is -3.28. The van der Waals surface area contributed by atoms with Crippen molar-refractivity contribution in [3.8, 4) is 5.75 Å². The average molecular weight is 482 g/mol. The molecule has 5 nitrogen and oxygen atoms in total. The van der Waals surface area contributed by atoms with Crippen molar-refractivity contribution in [2.24, 2.45) is 0 Å². The Balaban J connectivity index is 1.65. The first-order valence-electron chi connectivity index (χ1n) is 10.3. The highest BCUT2D eigenvalue weighted by Crippen LogP contribution is 2.31. The van der Waals surface area contributed by atoms with Crippen LogP contribution in [0.1, 0.15) is 32.0 Å². The number of rotatable bonds is 6.